The lowest BCUT2D eigenvalue weighted by Gasteiger charge is -2.32. The van der Waals surface area contributed by atoms with E-state index in [-0.39, 0.29) is 22.9 Å². The topological polar surface area (TPSA) is 81.8 Å². The molecule has 1 atom stereocenters. The van der Waals surface area contributed by atoms with E-state index >= 15 is 0 Å². The first-order valence-corrected chi connectivity index (χ1v) is 9.39. The van der Waals surface area contributed by atoms with E-state index in [2.05, 4.69) is 23.0 Å². The number of aromatic amines is 2. The number of hydrogen-bond acceptors (Lipinski definition) is 3. The quantitative estimate of drug-likeness (QED) is 0.733. The normalized spacial score (nSPS) is 17.4. The molecule has 3 heterocycles. The molecule has 1 aliphatic heterocycles. The molecule has 6 heteroatoms. The van der Waals surface area contributed by atoms with Gasteiger partial charge in [0, 0.05) is 24.7 Å². The summed E-state index contributed by atoms with van der Waals surface area (Å²) in [5.41, 5.74) is 4.59. The van der Waals surface area contributed by atoms with Gasteiger partial charge in [-0.25, -0.2) is 4.98 Å². The number of pyridine rings is 1. The highest BCUT2D eigenvalue weighted by molar-refractivity contribution is 5.95. The number of aryl methyl sites for hydroxylation is 3. The molecule has 1 aliphatic rings. The van der Waals surface area contributed by atoms with Crippen LogP contribution in [0.3, 0.4) is 0 Å². The van der Waals surface area contributed by atoms with E-state index in [0.717, 1.165) is 46.5 Å². The highest BCUT2D eigenvalue weighted by Crippen LogP contribution is 2.28. The highest BCUT2D eigenvalue weighted by Gasteiger charge is 2.29. The zero-order valence-corrected chi connectivity index (χ0v) is 15.9. The van der Waals surface area contributed by atoms with Gasteiger partial charge in [0.05, 0.1) is 11.0 Å². The maximum atomic E-state index is 13.0. The molecule has 0 saturated carbocycles. The van der Waals surface area contributed by atoms with Crippen LogP contribution in [0.5, 0.6) is 0 Å². The van der Waals surface area contributed by atoms with Crippen LogP contribution in [0.4, 0.5) is 0 Å². The van der Waals surface area contributed by atoms with Crippen molar-refractivity contribution in [1.29, 1.82) is 0 Å². The first-order chi connectivity index (χ1) is 12.9. The van der Waals surface area contributed by atoms with E-state index in [9.17, 15) is 9.59 Å². The Kier molecular flexibility index (Phi) is 4.34. The molecule has 0 aliphatic carbocycles. The van der Waals surface area contributed by atoms with E-state index in [0.29, 0.717) is 13.1 Å². The number of benzene rings is 1. The summed E-state index contributed by atoms with van der Waals surface area (Å²) in [5, 5.41) is 0. The summed E-state index contributed by atoms with van der Waals surface area (Å²) in [6.07, 6.45) is 1.88. The number of para-hydroxylation sites is 1. The van der Waals surface area contributed by atoms with Crippen molar-refractivity contribution in [3.05, 3.63) is 62.8 Å². The van der Waals surface area contributed by atoms with Crippen LogP contribution in [0.25, 0.3) is 11.0 Å². The summed E-state index contributed by atoms with van der Waals surface area (Å²) in [7, 11) is 0. The first kappa shape index (κ1) is 17.5. The monoisotopic (exact) mass is 364 g/mol. The Balaban J connectivity index is 1.62. The average molecular weight is 364 g/mol. The molecule has 3 aromatic rings. The van der Waals surface area contributed by atoms with Gasteiger partial charge in [-0.05, 0) is 56.9 Å². The van der Waals surface area contributed by atoms with E-state index in [1.807, 2.05) is 32.0 Å². The Morgan fingerprint density at radius 2 is 2.00 bits per heavy atom. The van der Waals surface area contributed by atoms with Crippen molar-refractivity contribution < 1.29 is 4.79 Å². The molecular formula is C21H24N4O2. The molecule has 0 unspecified atom stereocenters. The Hall–Kier alpha value is -2.89. The summed E-state index contributed by atoms with van der Waals surface area (Å²) in [6.45, 7) is 6.93. The Morgan fingerprint density at radius 3 is 2.74 bits per heavy atom. The number of hydrogen-bond donors (Lipinski definition) is 2. The lowest BCUT2D eigenvalue weighted by molar-refractivity contribution is 0.0702. The van der Waals surface area contributed by atoms with Crippen LogP contribution in [0.2, 0.25) is 0 Å². The molecule has 6 nitrogen and oxygen atoms in total. The minimum atomic E-state index is -0.306. The van der Waals surface area contributed by atoms with Gasteiger partial charge in [-0.3, -0.25) is 9.59 Å². The van der Waals surface area contributed by atoms with Crippen LogP contribution in [0.15, 0.2) is 29.1 Å². The number of aromatic nitrogens is 3. The summed E-state index contributed by atoms with van der Waals surface area (Å²) >= 11 is 0. The third-order valence-electron chi connectivity index (χ3n) is 5.41. The van der Waals surface area contributed by atoms with Crippen molar-refractivity contribution in [2.45, 2.75) is 39.5 Å². The van der Waals surface area contributed by atoms with E-state index < -0.39 is 0 Å². The minimum absolute atomic E-state index is 0.152. The van der Waals surface area contributed by atoms with Crippen molar-refractivity contribution in [2.75, 3.05) is 13.1 Å². The van der Waals surface area contributed by atoms with Gasteiger partial charge in [0.15, 0.2) is 0 Å². The van der Waals surface area contributed by atoms with Gasteiger partial charge in [-0.15, -0.1) is 0 Å². The number of fused-ring (bicyclic) bond motifs is 1. The molecule has 1 fully saturated rings. The molecule has 0 bridgehead atoms. The van der Waals surface area contributed by atoms with Crippen LogP contribution < -0.4 is 5.56 Å². The predicted octanol–water partition coefficient (Wildman–Crippen LogP) is 3.20. The number of imidazole rings is 1. The van der Waals surface area contributed by atoms with Crippen molar-refractivity contribution >= 4 is 16.9 Å². The van der Waals surface area contributed by atoms with E-state index in [1.165, 1.54) is 0 Å². The maximum Gasteiger partial charge on any atom is 0.261 e. The number of nitrogens with zero attached hydrogens (tertiary/aromatic N) is 2. The lowest BCUT2D eigenvalue weighted by atomic mass is 9.96. The van der Waals surface area contributed by atoms with Crippen LogP contribution in [-0.4, -0.2) is 38.8 Å². The van der Waals surface area contributed by atoms with Crippen molar-refractivity contribution in [2.24, 2.45) is 0 Å². The summed E-state index contributed by atoms with van der Waals surface area (Å²) in [4.78, 5) is 38.1. The number of carbonyl (C=O) groups is 1. The molecular weight excluding hydrogens is 340 g/mol. The molecule has 1 aromatic carbocycles. The third-order valence-corrected chi connectivity index (χ3v) is 5.41. The second-order valence-corrected chi connectivity index (χ2v) is 7.52. The smallest absolute Gasteiger partial charge is 0.261 e. The van der Waals surface area contributed by atoms with Crippen molar-refractivity contribution in [1.82, 2.24) is 19.9 Å². The summed E-state index contributed by atoms with van der Waals surface area (Å²) < 4.78 is 0. The molecule has 0 radical (unpaired) electrons. The fourth-order valence-electron chi connectivity index (χ4n) is 4.05. The van der Waals surface area contributed by atoms with Crippen molar-refractivity contribution in [3.8, 4) is 0 Å². The number of rotatable bonds is 2. The molecule has 2 N–H and O–H groups in total. The van der Waals surface area contributed by atoms with Gasteiger partial charge in [0.25, 0.3) is 11.5 Å². The Bertz CT molecular complexity index is 1080. The number of piperidine rings is 1. The average Bonchev–Trinajstić information content (AvgIpc) is 3.07. The zero-order chi connectivity index (χ0) is 19.1. The molecule has 140 valence electrons. The minimum Gasteiger partial charge on any atom is -0.342 e. The standard InChI is InChI=1S/C21H24N4O2/c1-12-6-4-8-16-18(12)24-19(23-16)15-7-5-9-25(11-15)21(27)17-13(2)10-14(3)22-20(17)26/h4,6,8,10,15H,5,7,9,11H2,1-3H3,(H,22,26)(H,23,24)/t15-/m0/s1. The van der Waals surface area contributed by atoms with Crippen LogP contribution in [0, 0.1) is 20.8 Å². The molecule has 27 heavy (non-hydrogen) atoms. The number of carbonyl (C=O) groups excluding carboxylic acids is 1. The number of amides is 1. The second kappa shape index (κ2) is 6.68. The lowest BCUT2D eigenvalue weighted by Crippen LogP contribution is -2.41. The summed E-state index contributed by atoms with van der Waals surface area (Å²) in [6, 6.07) is 7.94. The fourth-order valence-corrected chi connectivity index (χ4v) is 4.05. The van der Waals surface area contributed by atoms with Crippen LogP contribution in [0.1, 0.15) is 51.8 Å². The third kappa shape index (κ3) is 3.16. The van der Waals surface area contributed by atoms with E-state index in [1.54, 1.807) is 4.90 Å². The molecule has 1 saturated heterocycles. The molecule has 2 aromatic heterocycles. The van der Waals surface area contributed by atoms with Crippen molar-refractivity contribution in [3.63, 3.8) is 0 Å². The van der Waals surface area contributed by atoms with Crippen LogP contribution >= 0.6 is 0 Å². The van der Waals surface area contributed by atoms with Gasteiger partial charge in [0.2, 0.25) is 0 Å². The fraction of sp³-hybridized carbons (Fsp3) is 0.381. The van der Waals surface area contributed by atoms with E-state index in [4.69, 9.17) is 4.98 Å². The first-order valence-electron chi connectivity index (χ1n) is 9.39. The molecule has 0 spiro atoms. The molecule has 4 rings (SSSR count). The summed E-state index contributed by atoms with van der Waals surface area (Å²) in [5.74, 6) is 0.886. The van der Waals surface area contributed by atoms with Crippen LogP contribution in [-0.2, 0) is 0 Å². The largest absolute Gasteiger partial charge is 0.342 e. The zero-order valence-electron chi connectivity index (χ0n) is 15.9. The SMILES string of the molecule is Cc1cc(C)c(C(=O)N2CCC[C@H](c3nc4c(C)cccc4[nH]3)C2)c(=O)[nH]1. The maximum absolute atomic E-state index is 13.0. The number of H-pyrrole nitrogens is 2. The predicted molar refractivity (Wildman–Crippen MR) is 105 cm³/mol. The Morgan fingerprint density at radius 1 is 1.19 bits per heavy atom. The van der Waals surface area contributed by atoms with Gasteiger partial charge in [-0.1, -0.05) is 12.1 Å². The van der Waals surface area contributed by atoms with Gasteiger partial charge in [0.1, 0.15) is 11.4 Å². The van der Waals surface area contributed by atoms with Gasteiger partial charge in [-0.2, -0.15) is 0 Å². The van der Waals surface area contributed by atoms with Gasteiger partial charge < -0.3 is 14.9 Å². The Labute approximate surface area is 157 Å². The number of nitrogens with one attached hydrogen (secondary N) is 2. The molecule has 1 amide bonds. The highest BCUT2D eigenvalue weighted by atomic mass is 16.2. The van der Waals surface area contributed by atoms with Gasteiger partial charge >= 0.3 is 0 Å². The number of likely N-dealkylation sites (tertiary alicyclic amines) is 1. The second-order valence-electron chi connectivity index (χ2n) is 7.52.